The molecule has 2 N–H and O–H groups in total. The van der Waals surface area contributed by atoms with Gasteiger partial charge < -0.3 is 10.4 Å². The second-order valence-corrected chi connectivity index (χ2v) is 6.22. The van der Waals surface area contributed by atoms with Crippen LogP contribution in [0.15, 0.2) is 0 Å². The summed E-state index contributed by atoms with van der Waals surface area (Å²) in [4.78, 5) is 23.0. The normalized spacial score (nSPS) is 30.6. The molecule has 1 amide bonds. The first-order chi connectivity index (χ1) is 8.08. The van der Waals surface area contributed by atoms with Crippen molar-refractivity contribution >= 4 is 23.6 Å². The van der Waals surface area contributed by atoms with E-state index < -0.39 is 11.4 Å². The van der Waals surface area contributed by atoms with Gasteiger partial charge in [0.15, 0.2) is 0 Å². The van der Waals surface area contributed by atoms with E-state index in [1.54, 1.807) is 0 Å². The summed E-state index contributed by atoms with van der Waals surface area (Å²) < 4.78 is 0. The topological polar surface area (TPSA) is 66.4 Å². The van der Waals surface area contributed by atoms with Gasteiger partial charge in [0, 0.05) is 11.3 Å². The molecule has 2 fully saturated rings. The van der Waals surface area contributed by atoms with E-state index in [4.69, 9.17) is 5.11 Å². The highest BCUT2D eigenvalue weighted by Gasteiger charge is 2.57. The molecule has 0 heterocycles. The zero-order chi connectivity index (χ0) is 12.5. The monoisotopic (exact) mass is 257 g/mol. The van der Waals surface area contributed by atoms with Gasteiger partial charge in [-0.15, -0.1) is 0 Å². The molecule has 5 heteroatoms. The summed E-state index contributed by atoms with van der Waals surface area (Å²) in [7, 11) is 0. The van der Waals surface area contributed by atoms with Crippen molar-refractivity contribution in [2.24, 2.45) is 5.41 Å². The Hall–Kier alpha value is -0.710. The van der Waals surface area contributed by atoms with Gasteiger partial charge in [-0.2, -0.15) is 11.8 Å². The van der Waals surface area contributed by atoms with Gasteiger partial charge in [0.1, 0.15) is 5.41 Å². The van der Waals surface area contributed by atoms with Gasteiger partial charge in [0.2, 0.25) is 5.91 Å². The van der Waals surface area contributed by atoms with Gasteiger partial charge in [-0.3, -0.25) is 9.59 Å². The Morgan fingerprint density at radius 2 is 2.06 bits per heavy atom. The highest BCUT2D eigenvalue weighted by Crippen LogP contribution is 2.46. The number of carbonyl (C=O) groups excluding carboxylic acids is 1. The number of rotatable bonds is 4. The molecule has 2 saturated carbocycles. The highest BCUT2D eigenvalue weighted by molar-refractivity contribution is 7.99. The van der Waals surface area contributed by atoms with Crippen LogP contribution < -0.4 is 5.32 Å². The van der Waals surface area contributed by atoms with E-state index in [0.29, 0.717) is 18.1 Å². The Morgan fingerprint density at radius 3 is 2.59 bits per heavy atom. The van der Waals surface area contributed by atoms with Gasteiger partial charge in [0.25, 0.3) is 0 Å². The Morgan fingerprint density at radius 1 is 1.35 bits per heavy atom. The van der Waals surface area contributed by atoms with Gasteiger partial charge in [0.05, 0.1) is 0 Å². The van der Waals surface area contributed by atoms with Crippen molar-refractivity contribution in [1.29, 1.82) is 0 Å². The summed E-state index contributed by atoms with van der Waals surface area (Å²) in [5.41, 5.74) is -1.09. The van der Waals surface area contributed by atoms with Crippen LogP contribution in [0.4, 0.5) is 0 Å². The highest BCUT2D eigenvalue weighted by atomic mass is 32.2. The quantitative estimate of drug-likeness (QED) is 0.751. The first-order valence-electron chi connectivity index (χ1n) is 6.15. The average Bonchev–Trinajstić information content (AvgIpc) is 3.10. The maximum absolute atomic E-state index is 11.9. The molecule has 2 atom stereocenters. The molecular weight excluding hydrogens is 238 g/mol. The van der Waals surface area contributed by atoms with E-state index in [9.17, 15) is 9.59 Å². The number of amides is 1. The van der Waals surface area contributed by atoms with E-state index >= 15 is 0 Å². The number of aliphatic carboxylic acids is 1. The molecule has 0 saturated heterocycles. The molecule has 0 unspecified atom stereocenters. The van der Waals surface area contributed by atoms with E-state index in [2.05, 4.69) is 11.6 Å². The summed E-state index contributed by atoms with van der Waals surface area (Å²) in [6.07, 6.45) is 7.36. The van der Waals surface area contributed by atoms with Gasteiger partial charge in [-0.1, -0.05) is 6.42 Å². The number of hydrogen-bond donors (Lipinski definition) is 2. The van der Waals surface area contributed by atoms with Crippen LogP contribution in [0.5, 0.6) is 0 Å². The SMILES string of the molecule is CS[C@@H]1CCC[C@H](NC(=O)C2(C(=O)O)CC2)C1. The summed E-state index contributed by atoms with van der Waals surface area (Å²) in [6.45, 7) is 0. The lowest BCUT2D eigenvalue weighted by Gasteiger charge is -2.29. The van der Waals surface area contributed by atoms with E-state index in [1.165, 1.54) is 6.42 Å². The third-order valence-electron chi connectivity index (χ3n) is 3.89. The molecule has 17 heavy (non-hydrogen) atoms. The number of nitrogens with one attached hydrogen (secondary N) is 1. The predicted octanol–water partition coefficient (Wildman–Crippen LogP) is 1.64. The molecule has 0 spiro atoms. The molecular formula is C12H19NO3S. The fourth-order valence-electron chi connectivity index (χ4n) is 2.48. The fourth-order valence-corrected chi connectivity index (χ4v) is 3.30. The minimum Gasteiger partial charge on any atom is -0.480 e. The molecule has 96 valence electrons. The lowest BCUT2D eigenvalue weighted by molar-refractivity contribution is -0.149. The summed E-state index contributed by atoms with van der Waals surface area (Å²) in [5.74, 6) is -1.23. The van der Waals surface area contributed by atoms with Crippen LogP contribution in [0.1, 0.15) is 38.5 Å². The van der Waals surface area contributed by atoms with Crippen molar-refractivity contribution in [3.05, 3.63) is 0 Å². The first-order valence-corrected chi connectivity index (χ1v) is 7.44. The van der Waals surface area contributed by atoms with Gasteiger partial charge >= 0.3 is 5.97 Å². The molecule has 0 aromatic carbocycles. The van der Waals surface area contributed by atoms with Crippen LogP contribution >= 0.6 is 11.8 Å². The lowest BCUT2D eigenvalue weighted by Crippen LogP contribution is -2.45. The predicted molar refractivity (Wildman–Crippen MR) is 67.0 cm³/mol. The number of carboxylic acid groups (broad SMARTS) is 1. The van der Waals surface area contributed by atoms with Crippen LogP contribution in [0, 0.1) is 5.41 Å². The number of carboxylic acids is 1. The minimum atomic E-state index is -1.09. The summed E-state index contributed by atoms with van der Waals surface area (Å²) in [6, 6.07) is 0.172. The number of carbonyl (C=O) groups is 2. The molecule has 2 aliphatic rings. The molecule has 2 rings (SSSR count). The molecule has 2 aliphatic carbocycles. The van der Waals surface area contributed by atoms with Crippen molar-refractivity contribution in [3.8, 4) is 0 Å². The van der Waals surface area contributed by atoms with E-state index in [0.717, 1.165) is 19.3 Å². The zero-order valence-corrected chi connectivity index (χ0v) is 10.9. The molecule has 0 aromatic heterocycles. The largest absolute Gasteiger partial charge is 0.480 e. The lowest BCUT2D eigenvalue weighted by atomic mass is 9.94. The molecule has 0 bridgehead atoms. The van der Waals surface area contributed by atoms with Crippen LogP contribution in [0.3, 0.4) is 0 Å². The van der Waals surface area contributed by atoms with Crippen molar-refractivity contribution in [2.75, 3.05) is 6.26 Å². The van der Waals surface area contributed by atoms with Crippen molar-refractivity contribution < 1.29 is 14.7 Å². The molecule has 4 nitrogen and oxygen atoms in total. The van der Waals surface area contributed by atoms with Crippen LogP contribution in [-0.2, 0) is 9.59 Å². The first kappa shape index (κ1) is 12.7. The second kappa shape index (κ2) is 4.88. The Kier molecular flexibility index (Phi) is 3.66. The Bertz CT molecular complexity index is 328. The van der Waals surface area contributed by atoms with Crippen LogP contribution in [0.25, 0.3) is 0 Å². The second-order valence-electron chi connectivity index (χ2n) is 5.08. The van der Waals surface area contributed by atoms with Gasteiger partial charge in [-0.25, -0.2) is 0 Å². The number of hydrogen-bond acceptors (Lipinski definition) is 3. The van der Waals surface area contributed by atoms with E-state index in [1.807, 2.05) is 11.8 Å². The fraction of sp³-hybridized carbons (Fsp3) is 0.833. The average molecular weight is 257 g/mol. The third-order valence-corrected chi connectivity index (χ3v) is 4.98. The smallest absolute Gasteiger partial charge is 0.319 e. The van der Waals surface area contributed by atoms with Crippen LogP contribution in [-0.4, -0.2) is 34.5 Å². The molecule has 0 aliphatic heterocycles. The van der Waals surface area contributed by atoms with Crippen molar-refractivity contribution in [2.45, 2.75) is 49.8 Å². The Balaban J connectivity index is 1.89. The minimum absolute atomic E-state index is 0.172. The van der Waals surface area contributed by atoms with Gasteiger partial charge in [-0.05, 0) is 38.4 Å². The Labute approximate surface area is 106 Å². The van der Waals surface area contributed by atoms with E-state index in [-0.39, 0.29) is 11.9 Å². The molecule has 0 radical (unpaired) electrons. The summed E-state index contributed by atoms with van der Waals surface area (Å²) in [5, 5.41) is 12.6. The number of thioether (sulfide) groups is 1. The summed E-state index contributed by atoms with van der Waals surface area (Å²) >= 11 is 1.84. The standard InChI is InChI=1S/C12H19NO3S/c1-17-9-4-2-3-8(7-9)13-10(14)12(5-6-12)11(15)16/h8-9H,2-7H2,1H3,(H,13,14)(H,15,16)/t8-,9+/m0/s1. The maximum Gasteiger partial charge on any atom is 0.319 e. The van der Waals surface area contributed by atoms with Crippen LogP contribution in [0.2, 0.25) is 0 Å². The molecule has 0 aromatic rings. The van der Waals surface area contributed by atoms with Crippen molar-refractivity contribution in [3.63, 3.8) is 0 Å². The maximum atomic E-state index is 11.9. The third kappa shape index (κ3) is 2.59. The van der Waals surface area contributed by atoms with Crippen molar-refractivity contribution in [1.82, 2.24) is 5.32 Å². The zero-order valence-electron chi connectivity index (χ0n) is 10.1.